The van der Waals surface area contributed by atoms with E-state index < -0.39 is 0 Å². The Hall–Kier alpha value is -1.06. The second-order valence-electron chi connectivity index (χ2n) is 8.24. The predicted molar refractivity (Wildman–Crippen MR) is 115 cm³/mol. The molecule has 0 fully saturated rings. The van der Waals surface area contributed by atoms with Gasteiger partial charge in [-0.3, -0.25) is 9.59 Å². The first-order valence-electron chi connectivity index (χ1n) is 11.6. The molecular formula is C23H46N2O2. The van der Waals surface area contributed by atoms with Gasteiger partial charge in [0, 0.05) is 11.8 Å². The molecule has 0 heterocycles. The molecule has 0 aliphatic heterocycles. The Labute approximate surface area is 168 Å². The van der Waals surface area contributed by atoms with Crippen molar-refractivity contribution >= 4 is 11.8 Å². The highest BCUT2D eigenvalue weighted by Crippen LogP contribution is 2.22. The van der Waals surface area contributed by atoms with Crippen LogP contribution in [-0.4, -0.2) is 11.8 Å². The first-order valence-corrected chi connectivity index (χ1v) is 11.6. The Bertz CT molecular complexity index is 337. The number of nitrogens with two attached hydrogens (primary N) is 2. The summed E-state index contributed by atoms with van der Waals surface area (Å²) >= 11 is 0. The van der Waals surface area contributed by atoms with Gasteiger partial charge in [0.25, 0.3) is 0 Å². The third kappa shape index (κ3) is 15.7. The molecule has 4 heteroatoms. The molecule has 0 aliphatic rings. The molecular weight excluding hydrogens is 336 g/mol. The smallest absolute Gasteiger partial charge is 0.220 e. The van der Waals surface area contributed by atoms with Crippen LogP contribution in [0.25, 0.3) is 0 Å². The lowest BCUT2D eigenvalue weighted by Gasteiger charge is -2.16. The normalized spacial score (nSPS) is 13.4. The van der Waals surface area contributed by atoms with Crippen molar-refractivity contribution < 1.29 is 9.59 Å². The van der Waals surface area contributed by atoms with Gasteiger partial charge in [0.15, 0.2) is 0 Å². The number of rotatable bonds is 20. The summed E-state index contributed by atoms with van der Waals surface area (Å²) in [6.07, 6.45) is 18.9. The van der Waals surface area contributed by atoms with E-state index in [4.69, 9.17) is 11.5 Å². The van der Waals surface area contributed by atoms with Gasteiger partial charge < -0.3 is 11.5 Å². The molecule has 0 radical (unpaired) electrons. The van der Waals surface area contributed by atoms with Crippen LogP contribution >= 0.6 is 0 Å². The maximum Gasteiger partial charge on any atom is 0.220 e. The molecule has 0 aromatic rings. The van der Waals surface area contributed by atoms with Gasteiger partial charge in [0.1, 0.15) is 0 Å². The number of carbonyl (C=O) groups excluding carboxylic acids is 2. The lowest BCUT2D eigenvalue weighted by molar-refractivity contribution is -0.122. The Kier molecular flexibility index (Phi) is 17.6. The van der Waals surface area contributed by atoms with Gasteiger partial charge in [-0.2, -0.15) is 0 Å². The lowest BCUT2D eigenvalue weighted by Crippen LogP contribution is -2.25. The molecule has 4 N–H and O–H groups in total. The molecule has 0 saturated carbocycles. The zero-order valence-corrected chi connectivity index (χ0v) is 18.1. The number of carbonyl (C=O) groups is 2. The van der Waals surface area contributed by atoms with Crippen LogP contribution < -0.4 is 11.5 Å². The summed E-state index contributed by atoms with van der Waals surface area (Å²) in [5.41, 5.74) is 11.2. The summed E-state index contributed by atoms with van der Waals surface area (Å²) in [5.74, 6) is -0.456. The first kappa shape index (κ1) is 25.9. The minimum atomic E-state index is -0.185. The maximum absolute atomic E-state index is 11.7. The van der Waals surface area contributed by atoms with Crippen molar-refractivity contribution in [2.75, 3.05) is 0 Å². The second kappa shape index (κ2) is 18.3. The molecule has 0 aliphatic carbocycles. The zero-order valence-electron chi connectivity index (χ0n) is 18.1. The summed E-state index contributed by atoms with van der Waals surface area (Å²) in [6.45, 7) is 4.43. The summed E-state index contributed by atoms with van der Waals surface area (Å²) in [4.78, 5) is 23.4. The van der Waals surface area contributed by atoms with Gasteiger partial charge in [-0.1, -0.05) is 97.3 Å². The molecule has 2 atom stereocenters. The highest BCUT2D eigenvalue weighted by atomic mass is 16.1. The largest absolute Gasteiger partial charge is 0.369 e. The molecule has 0 saturated heterocycles. The van der Waals surface area contributed by atoms with Gasteiger partial charge in [-0.15, -0.1) is 0 Å². The van der Waals surface area contributed by atoms with Crippen molar-refractivity contribution in [2.24, 2.45) is 23.3 Å². The molecule has 27 heavy (non-hydrogen) atoms. The van der Waals surface area contributed by atoms with Crippen LogP contribution in [0.1, 0.15) is 123 Å². The Morgan fingerprint density at radius 2 is 0.815 bits per heavy atom. The van der Waals surface area contributed by atoms with Crippen molar-refractivity contribution in [3.8, 4) is 0 Å². The molecule has 0 aromatic carbocycles. The van der Waals surface area contributed by atoms with E-state index in [-0.39, 0.29) is 23.7 Å². The Morgan fingerprint density at radius 3 is 1.15 bits per heavy atom. The van der Waals surface area contributed by atoms with Gasteiger partial charge >= 0.3 is 0 Å². The lowest BCUT2D eigenvalue weighted by atomic mass is 9.89. The van der Waals surface area contributed by atoms with E-state index in [1.807, 2.05) is 0 Å². The second-order valence-corrected chi connectivity index (χ2v) is 8.24. The van der Waals surface area contributed by atoms with Crippen molar-refractivity contribution in [3.63, 3.8) is 0 Å². The average Bonchev–Trinajstić information content (AvgIpc) is 2.63. The van der Waals surface area contributed by atoms with Gasteiger partial charge in [-0.25, -0.2) is 0 Å². The number of amides is 2. The van der Waals surface area contributed by atoms with E-state index >= 15 is 0 Å². The fraction of sp³-hybridized carbons (Fsp3) is 0.913. The summed E-state index contributed by atoms with van der Waals surface area (Å²) in [5, 5.41) is 0. The van der Waals surface area contributed by atoms with E-state index in [0.717, 1.165) is 44.9 Å². The van der Waals surface area contributed by atoms with E-state index in [9.17, 15) is 9.59 Å². The standard InChI is InChI=1S/C23H46N2O2/c1-3-5-7-9-11-13-16-20(22(24)26)18-15-19-21(23(25)27)17-14-12-10-8-6-4-2/h20-21H,3-19H2,1-2H3,(H2,24,26)(H2,25,27). The number of hydrogen-bond donors (Lipinski definition) is 2. The summed E-state index contributed by atoms with van der Waals surface area (Å²) < 4.78 is 0. The van der Waals surface area contributed by atoms with Gasteiger partial charge in [0.2, 0.25) is 11.8 Å². The number of primary amides is 2. The molecule has 2 unspecified atom stereocenters. The van der Waals surface area contributed by atoms with E-state index in [1.54, 1.807) is 0 Å². The number of unbranched alkanes of at least 4 members (excludes halogenated alkanes) is 10. The fourth-order valence-electron chi connectivity index (χ4n) is 3.81. The number of hydrogen-bond acceptors (Lipinski definition) is 2. The third-order valence-corrected chi connectivity index (χ3v) is 5.72. The highest BCUT2D eigenvalue weighted by molar-refractivity contribution is 5.77. The van der Waals surface area contributed by atoms with E-state index in [1.165, 1.54) is 64.2 Å². The zero-order chi connectivity index (χ0) is 20.3. The Morgan fingerprint density at radius 1 is 0.519 bits per heavy atom. The fourth-order valence-corrected chi connectivity index (χ4v) is 3.81. The molecule has 4 nitrogen and oxygen atoms in total. The van der Waals surface area contributed by atoms with Crippen molar-refractivity contribution in [1.82, 2.24) is 0 Å². The van der Waals surface area contributed by atoms with Crippen LogP contribution in [0, 0.1) is 11.8 Å². The molecule has 0 rings (SSSR count). The molecule has 0 aromatic heterocycles. The van der Waals surface area contributed by atoms with Crippen molar-refractivity contribution in [1.29, 1.82) is 0 Å². The van der Waals surface area contributed by atoms with Crippen molar-refractivity contribution in [3.05, 3.63) is 0 Å². The van der Waals surface area contributed by atoms with Crippen LogP contribution in [0.3, 0.4) is 0 Å². The van der Waals surface area contributed by atoms with Crippen LogP contribution in [0.2, 0.25) is 0 Å². The van der Waals surface area contributed by atoms with Crippen LogP contribution in [0.15, 0.2) is 0 Å². The van der Waals surface area contributed by atoms with Crippen LogP contribution in [0.5, 0.6) is 0 Å². The van der Waals surface area contributed by atoms with Gasteiger partial charge in [-0.05, 0) is 25.7 Å². The highest BCUT2D eigenvalue weighted by Gasteiger charge is 2.18. The van der Waals surface area contributed by atoms with E-state index in [0.29, 0.717) is 0 Å². The maximum atomic E-state index is 11.7. The predicted octanol–water partition coefficient (Wildman–Crippen LogP) is 5.86. The quantitative estimate of drug-likeness (QED) is 0.258. The van der Waals surface area contributed by atoms with Crippen LogP contribution in [0.4, 0.5) is 0 Å². The van der Waals surface area contributed by atoms with Gasteiger partial charge in [0.05, 0.1) is 0 Å². The van der Waals surface area contributed by atoms with Crippen molar-refractivity contribution in [2.45, 2.75) is 123 Å². The average molecular weight is 383 g/mol. The molecule has 0 spiro atoms. The minimum absolute atomic E-state index is 0.0428. The first-order chi connectivity index (χ1) is 13.0. The summed E-state index contributed by atoms with van der Waals surface area (Å²) in [7, 11) is 0. The monoisotopic (exact) mass is 382 g/mol. The molecule has 2 amide bonds. The topological polar surface area (TPSA) is 86.2 Å². The third-order valence-electron chi connectivity index (χ3n) is 5.72. The summed E-state index contributed by atoms with van der Waals surface area (Å²) in [6, 6.07) is 0. The molecule has 160 valence electrons. The Balaban J connectivity index is 3.99. The van der Waals surface area contributed by atoms with Crippen LogP contribution in [-0.2, 0) is 9.59 Å². The SMILES string of the molecule is CCCCCCCCC(CCCC(CCCCCCCC)C(N)=O)C(N)=O. The van der Waals surface area contributed by atoms with E-state index in [2.05, 4.69) is 13.8 Å². The minimum Gasteiger partial charge on any atom is -0.369 e. The molecule has 0 bridgehead atoms.